The lowest BCUT2D eigenvalue weighted by molar-refractivity contribution is 0.291. The van der Waals surface area contributed by atoms with E-state index in [4.69, 9.17) is 5.73 Å². The fraction of sp³-hybridized carbons (Fsp3) is 0.727. The van der Waals surface area contributed by atoms with Crippen LogP contribution < -0.4 is 5.73 Å². The minimum Gasteiger partial charge on any atom is -0.337 e. The molecular formula is C11H23ClN4O2S. The Morgan fingerprint density at radius 3 is 2.37 bits per heavy atom. The minimum absolute atomic E-state index is 0. The summed E-state index contributed by atoms with van der Waals surface area (Å²) in [4.78, 5) is 4.06. The summed E-state index contributed by atoms with van der Waals surface area (Å²) >= 11 is 0. The molecule has 0 unspecified atom stereocenters. The largest absolute Gasteiger partial charge is 0.337 e. The quantitative estimate of drug-likeness (QED) is 0.870. The molecule has 0 atom stereocenters. The maximum Gasteiger partial charge on any atom is 0.261 e. The van der Waals surface area contributed by atoms with Gasteiger partial charge in [0.1, 0.15) is 5.82 Å². The topological polar surface area (TPSA) is 81.2 Å². The molecule has 0 aromatic carbocycles. The van der Waals surface area contributed by atoms with Gasteiger partial charge in [-0.05, 0) is 18.9 Å². The fourth-order valence-corrected chi connectivity index (χ4v) is 2.94. The molecule has 1 rings (SSSR count). The molecule has 0 aliphatic carbocycles. The summed E-state index contributed by atoms with van der Waals surface area (Å²) in [5.74, 6) is 0.667. The van der Waals surface area contributed by atoms with Gasteiger partial charge in [-0.3, -0.25) is 0 Å². The summed E-state index contributed by atoms with van der Waals surface area (Å²) in [6.45, 7) is 6.42. The van der Waals surface area contributed by atoms with E-state index in [0.29, 0.717) is 18.9 Å². The van der Waals surface area contributed by atoms with Crippen LogP contribution in [0.5, 0.6) is 0 Å². The highest BCUT2D eigenvalue weighted by atomic mass is 35.5. The van der Waals surface area contributed by atoms with Crippen molar-refractivity contribution < 1.29 is 8.42 Å². The fourth-order valence-electron chi connectivity index (χ4n) is 1.56. The molecule has 0 radical (unpaired) electrons. The SMILES string of the molecule is Cc1nc(S(=O)(=O)N(C)CC(C)(C)CN)cn1C.Cl. The molecule has 1 aromatic heterocycles. The van der Waals surface area contributed by atoms with Crippen molar-refractivity contribution in [3.63, 3.8) is 0 Å². The number of aromatic nitrogens is 2. The van der Waals surface area contributed by atoms with Crippen LogP contribution in [-0.2, 0) is 17.1 Å². The molecule has 8 heteroatoms. The Labute approximate surface area is 121 Å². The first-order valence-electron chi connectivity index (χ1n) is 5.76. The molecule has 0 saturated carbocycles. The number of nitrogens with zero attached hydrogens (tertiary/aromatic N) is 3. The van der Waals surface area contributed by atoms with Crippen molar-refractivity contribution in [1.29, 1.82) is 0 Å². The molecule has 0 bridgehead atoms. The molecule has 1 heterocycles. The van der Waals surface area contributed by atoms with Crippen molar-refractivity contribution in [3.05, 3.63) is 12.0 Å². The number of hydrogen-bond acceptors (Lipinski definition) is 4. The lowest BCUT2D eigenvalue weighted by Gasteiger charge is -2.27. The van der Waals surface area contributed by atoms with E-state index < -0.39 is 10.0 Å². The van der Waals surface area contributed by atoms with Crippen LogP contribution in [0, 0.1) is 12.3 Å². The predicted molar refractivity (Wildman–Crippen MR) is 77.8 cm³/mol. The lowest BCUT2D eigenvalue weighted by Crippen LogP contribution is -2.39. The highest BCUT2D eigenvalue weighted by Gasteiger charge is 2.29. The third kappa shape index (κ3) is 4.17. The molecule has 0 amide bonds. The zero-order valence-electron chi connectivity index (χ0n) is 12.0. The number of halogens is 1. The first-order chi connectivity index (χ1) is 8.10. The summed E-state index contributed by atoms with van der Waals surface area (Å²) in [6, 6.07) is 0. The van der Waals surface area contributed by atoms with Crippen molar-refractivity contribution in [3.8, 4) is 0 Å². The molecule has 1 aromatic rings. The Bertz CT molecular complexity index is 505. The standard InChI is InChI=1S/C11H22N4O2S.ClH/c1-9-13-10(6-14(9)4)18(16,17)15(5)8-11(2,3)7-12;/h6H,7-8,12H2,1-5H3;1H. The van der Waals surface area contributed by atoms with Crippen LogP contribution in [-0.4, -0.2) is 42.4 Å². The maximum absolute atomic E-state index is 12.3. The second kappa shape index (κ2) is 6.21. The number of aryl methyl sites for hydroxylation is 2. The van der Waals surface area contributed by atoms with E-state index >= 15 is 0 Å². The van der Waals surface area contributed by atoms with Gasteiger partial charge in [-0.1, -0.05) is 13.8 Å². The first-order valence-corrected chi connectivity index (χ1v) is 7.20. The number of imidazole rings is 1. The van der Waals surface area contributed by atoms with Crippen LogP contribution in [0.25, 0.3) is 0 Å². The Morgan fingerprint density at radius 1 is 1.47 bits per heavy atom. The molecule has 0 aliphatic heterocycles. The molecule has 0 saturated heterocycles. The molecule has 0 spiro atoms. The number of rotatable bonds is 5. The van der Waals surface area contributed by atoms with Gasteiger partial charge >= 0.3 is 0 Å². The van der Waals surface area contributed by atoms with Gasteiger partial charge in [0.05, 0.1) is 0 Å². The van der Waals surface area contributed by atoms with Crippen molar-refractivity contribution >= 4 is 22.4 Å². The van der Waals surface area contributed by atoms with Gasteiger partial charge in [-0.2, -0.15) is 4.31 Å². The number of hydrogen-bond donors (Lipinski definition) is 1. The van der Waals surface area contributed by atoms with Crippen molar-refractivity contribution in [1.82, 2.24) is 13.9 Å². The highest BCUT2D eigenvalue weighted by molar-refractivity contribution is 7.89. The van der Waals surface area contributed by atoms with Crippen LogP contribution in [0.4, 0.5) is 0 Å². The molecule has 19 heavy (non-hydrogen) atoms. The molecule has 0 aliphatic rings. The van der Waals surface area contributed by atoms with Gasteiger partial charge in [-0.15, -0.1) is 12.4 Å². The zero-order chi connectivity index (χ0) is 14.1. The van der Waals surface area contributed by atoms with Crippen molar-refractivity contribution in [2.24, 2.45) is 18.2 Å². The van der Waals surface area contributed by atoms with Gasteiger partial charge in [0, 0.05) is 26.8 Å². The normalized spacial score (nSPS) is 12.6. The van der Waals surface area contributed by atoms with Crippen LogP contribution in [0.15, 0.2) is 11.2 Å². The summed E-state index contributed by atoms with van der Waals surface area (Å²) in [6.07, 6.45) is 1.52. The van der Waals surface area contributed by atoms with Crippen LogP contribution in [0.2, 0.25) is 0 Å². The average Bonchev–Trinajstić information content (AvgIpc) is 2.59. The Balaban J connectivity index is 0.00000324. The number of nitrogens with two attached hydrogens (primary N) is 1. The van der Waals surface area contributed by atoms with E-state index in [1.807, 2.05) is 13.8 Å². The second-order valence-electron chi connectivity index (χ2n) is 5.37. The van der Waals surface area contributed by atoms with E-state index in [1.54, 1.807) is 25.6 Å². The monoisotopic (exact) mass is 310 g/mol. The van der Waals surface area contributed by atoms with Crippen molar-refractivity contribution in [2.45, 2.75) is 25.8 Å². The lowest BCUT2D eigenvalue weighted by atomic mass is 9.94. The van der Waals surface area contributed by atoms with E-state index in [2.05, 4.69) is 4.98 Å². The Hall–Kier alpha value is -0.630. The van der Waals surface area contributed by atoms with E-state index in [9.17, 15) is 8.42 Å². The zero-order valence-corrected chi connectivity index (χ0v) is 13.7. The molecular weight excluding hydrogens is 288 g/mol. The van der Waals surface area contributed by atoms with Gasteiger partial charge in [0.2, 0.25) is 0 Å². The first kappa shape index (κ1) is 18.4. The van der Waals surface area contributed by atoms with Crippen LogP contribution >= 0.6 is 12.4 Å². The summed E-state index contributed by atoms with van der Waals surface area (Å²) in [7, 11) is -0.217. The minimum atomic E-state index is -3.54. The van der Waals surface area contributed by atoms with E-state index in [1.165, 1.54) is 10.5 Å². The third-order valence-corrected chi connectivity index (χ3v) is 4.64. The van der Waals surface area contributed by atoms with E-state index in [0.717, 1.165) is 0 Å². The summed E-state index contributed by atoms with van der Waals surface area (Å²) in [5.41, 5.74) is 5.37. The van der Waals surface area contributed by atoms with Crippen LogP contribution in [0.3, 0.4) is 0 Å². The van der Waals surface area contributed by atoms with Gasteiger partial charge < -0.3 is 10.3 Å². The summed E-state index contributed by atoms with van der Waals surface area (Å²) in [5, 5.41) is 0.0813. The Kier molecular flexibility index (Phi) is 6.01. The smallest absolute Gasteiger partial charge is 0.261 e. The molecule has 6 nitrogen and oxygen atoms in total. The van der Waals surface area contributed by atoms with Crippen LogP contribution in [0.1, 0.15) is 19.7 Å². The van der Waals surface area contributed by atoms with Gasteiger partial charge in [-0.25, -0.2) is 13.4 Å². The van der Waals surface area contributed by atoms with Crippen molar-refractivity contribution in [2.75, 3.05) is 20.1 Å². The molecule has 0 fully saturated rings. The third-order valence-electron chi connectivity index (χ3n) is 2.96. The highest BCUT2D eigenvalue weighted by Crippen LogP contribution is 2.19. The van der Waals surface area contributed by atoms with Gasteiger partial charge in [0.15, 0.2) is 5.03 Å². The molecule has 112 valence electrons. The second-order valence-corrected chi connectivity index (χ2v) is 7.36. The molecule has 2 N–H and O–H groups in total. The Morgan fingerprint density at radius 2 is 2.00 bits per heavy atom. The number of sulfonamides is 1. The van der Waals surface area contributed by atoms with E-state index in [-0.39, 0.29) is 22.8 Å². The average molecular weight is 311 g/mol. The maximum atomic E-state index is 12.3. The van der Waals surface area contributed by atoms with Gasteiger partial charge in [0.25, 0.3) is 10.0 Å². The predicted octanol–water partition coefficient (Wildman–Crippen LogP) is 0.756. The summed E-state index contributed by atoms with van der Waals surface area (Å²) < 4.78 is 27.6.